The van der Waals surface area contributed by atoms with E-state index in [2.05, 4.69) is 30.6 Å². The molecule has 9 nitrogen and oxygen atoms in total. The average molecular weight is 451 g/mol. The number of fused-ring (bicyclic) bond motifs is 1. The number of likely N-dealkylation sites (N-methyl/N-ethyl adjacent to an activating group) is 1. The predicted octanol–water partition coefficient (Wildman–Crippen LogP) is 3.03. The smallest absolute Gasteiger partial charge is 0.433 e. The molecule has 1 aliphatic heterocycles. The second kappa shape index (κ2) is 8.06. The van der Waals surface area contributed by atoms with Gasteiger partial charge in [0, 0.05) is 32.0 Å². The fourth-order valence-corrected chi connectivity index (χ4v) is 3.97. The number of aromatic nitrogens is 4. The SMILES string of the molecule is Cc1nc(N[C@H]2C[C@H](Oc3cc(C(F)(F)F)ncn3)C2)nc2c1NC(=O)C(C(C)C)N2C. The van der Waals surface area contributed by atoms with Crippen LogP contribution >= 0.6 is 0 Å². The minimum absolute atomic E-state index is 0.00533. The Balaban J connectivity index is 1.40. The number of aryl methyl sites for hydroxylation is 1. The van der Waals surface area contributed by atoms with Crippen molar-refractivity contribution in [3.63, 3.8) is 0 Å². The molecule has 1 amide bonds. The van der Waals surface area contributed by atoms with E-state index in [1.54, 1.807) is 6.92 Å². The van der Waals surface area contributed by atoms with Crippen LogP contribution in [0.2, 0.25) is 0 Å². The maximum Gasteiger partial charge on any atom is 0.433 e. The lowest BCUT2D eigenvalue weighted by molar-refractivity contribution is -0.141. The van der Waals surface area contributed by atoms with Crippen molar-refractivity contribution in [2.45, 2.75) is 58.0 Å². The second-order valence-electron chi connectivity index (χ2n) is 8.41. The van der Waals surface area contributed by atoms with Crippen LogP contribution in [0, 0.1) is 12.8 Å². The summed E-state index contributed by atoms with van der Waals surface area (Å²) in [4.78, 5) is 30.3. The van der Waals surface area contributed by atoms with E-state index in [1.165, 1.54) is 0 Å². The van der Waals surface area contributed by atoms with Gasteiger partial charge in [-0.1, -0.05) is 13.8 Å². The first-order chi connectivity index (χ1) is 15.0. The topological polar surface area (TPSA) is 105 Å². The molecule has 172 valence electrons. The highest BCUT2D eigenvalue weighted by Crippen LogP contribution is 2.35. The Bertz CT molecular complexity index is 1020. The van der Waals surface area contributed by atoms with E-state index >= 15 is 0 Å². The minimum Gasteiger partial charge on any atom is -0.474 e. The van der Waals surface area contributed by atoms with E-state index in [0.717, 1.165) is 12.4 Å². The number of alkyl halides is 3. The molecule has 1 aliphatic carbocycles. The molecule has 0 spiro atoms. The van der Waals surface area contributed by atoms with Gasteiger partial charge in [-0.25, -0.2) is 15.0 Å². The maximum atomic E-state index is 12.8. The molecule has 32 heavy (non-hydrogen) atoms. The quantitative estimate of drug-likeness (QED) is 0.715. The van der Waals surface area contributed by atoms with Gasteiger partial charge in [-0.3, -0.25) is 4.79 Å². The summed E-state index contributed by atoms with van der Waals surface area (Å²) in [5, 5.41) is 6.14. The van der Waals surface area contributed by atoms with Crippen molar-refractivity contribution >= 4 is 23.4 Å². The third-order valence-corrected chi connectivity index (χ3v) is 5.62. The Morgan fingerprint density at radius 1 is 1.25 bits per heavy atom. The molecule has 2 aromatic heterocycles. The van der Waals surface area contributed by atoms with E-state index in [4.69, 9.17) is 4.74 Å². The Morgan fingerprint density at radius 3 is 2.62 bits per heavy atom. The van der Waals surface area contributed by atoms with Gasteiger partial charge in [0.15, 0.2) is 11.5 Å². The molecule has 1 saturated carbocycles. The van der Waals surface area contributed by atoms with Gasteiger partial charge in [-0.2, -0.15) is 18.2 Å². The third-order valence-electron chi connectivity index (χ3n) is 5.62. The maximum absolute atomic E-state index is 12.8. The molecular weight excluding hydrogens is 427 g/mol. The molecule has 1 atom stereocenters. The summed E-state index contributed by atoms with van der Waals surface area (Å²) in [5.41, 5.74) is 0.206. The van der Waals surface area contributed by atoms with Crippen LogP contribution in [0.4, 0.5) is 30.6 Å². The van der Waals surface area contributed by atoms with E-state index in [9.17, 15) is 18.0 Å². The number of carbonyl (C=O) groups excluding carboxylic acids is 1. The molecular formula is C20H24F3N7O2. The molecule has 2 aromatic rings. The van der Waals surface area contributed by atoms with Gasteiger partial charge in [0.1, 0.15) is 24.2 Å². The Morgan fingerprint density at radius 2 is 1.97 bits per heavy atom. The molecule has 0 radical (unpaired) electrons. The van der Waals surface area contributed by atoms with Crippen molar-refractivity contribution in [2.24, 2.45) is 5.92 Å². The molecule has 2 N–H and O–H groups in total. The predicted molar refractivity (Wildman–Crippen MR) is 111 cm³/mol. The molecule has 4 rings (SSSR count). The van der Waals surface area contributed by atoms with Crippen LogP contribution in [0.15, 0.2) is 12.4 Å². The molecule has 0 saturated heterocycles. The molecule has 0 aromatic carbocycles. The van der Waals surface area contributed by atoms with Gasteiger partial charge < -0.3 is 20.3 Å². The number of nitrogens with one attached hydrogen (secondary N) is 2. The highest BCUT2D eigenvalue weighted by Gasteiger charge is 2.37. The summed E-state index contributed by atoms with van der Waals surface area (Å²) in [7, 11) is 1.84. The van der Waals surface area contributed by atoms with Crippen LogP contribution in [0.3, 0.4) is 0 Å². The van der Waals surface area contributed by atoms with Crippen LogP contribution in [0.5, 0.6) is 5.88 Å². The Kier molecular flexibility index (Phi) is 5.55. The lowest BCUT2D eigenvalue weighted by Crippen LogP contribution is -2.50. The van der Waals surface area contributed by atoms with Gasteiger partial charge in [0.2, 0.25) is 17.7 Å². The first kappa shape index (κ1) is 22.0. The number of hydrogen-bond donors (Lipinski definition) is 2. The van der Waals surface area contributed by atoms with Crippen molar-refractivity contribution in [3.8, 4) is 5.88 Å². The number of nitrogens with zero attached hydrogens (tertiary/aromatic N) is 5. The van der Waals surface area contributed by atoms with Crippen LogP contribution < -0.4 is 20.3 Å². The van der Waals surface area contributed by atoms with E-state index in [1.807, 2.05) is 25.8 Å². The standard InChI is InChI=1S/C20H24F3N7O2/c1-9(2)16-18(31)28-15-10(3)26-19(29-17(15)30(16)4)27-11-5-12(6-11)32-14-7-13(20(21,22)23)24-8-25-14/h7-9,11-12,16H,5-6H2,1-4H3,(H,28,31)(H,26,27,29)/t11-,12-,16?. The second-order valence-corrected chi connectivity index (χ2v) is 8.41. The fourth-order valence-electron chi connectivity index (χ4n) is 3.97. The number of amides is 1. The van der Waals surface area contributed by atoms with Crippen molar-refractivity contribution in [3.05, 3.63) is 23.8 Å². The minimum atomic E-state index is -4.55. The number of rotatable bonds is 5. The summed E-state index contributed by atoms with van der Waals surface area (Å²) in [5.74, 6) is 0.986. The first-order valence-electron chi connectivity index (χ1n) is 10.3. The summed E-state index contributed by atoms with van der Waals surface area (Å²) < 4.78 is 43.9. The van der Waals surface area contributed by atoms with E-state index in [0.29, 0.717) is 36.0 Å². The van der Waals surface area contributed by atoms with Crippen LogP contribution in [-0.4, -0.2) is 51.1 Å². The highest BCUT2D eigenvalue weighted by molar-refractivity contribution is 6.03. The largest absolute Gasteiger partial charge is 0.474 e. The monoisotopic (exact) mass is 451 g/mol. The summed E-state index contributed by atoms with van der Waals surface area (Å²) in [6, 6.07) is 0.470. The first-order valence-corrected chi connectivity index (χ1v) is 10.3. The third kappa shape index (κ3) is 4.26. The van der Waals surface area contributed by atoms with Crippen molar-refractivity contribution in [2.75, 3.05) is 22.6 Å². The van der Waals surface area contributed by atoms with Gasteiger partial charge in [-0.15, -0.1) is 0 Å². The Hall–Kier alpha value is -3.18. The van der Waals surface area contributed by atoms with Gasteiger partial charge in [0.05, 0.1) is 5.69 Å². The lowest BCUT2D eigenvalue weighted by atomic mass is 9.89. The summed E-state index contributed by atoms with van der Waals surface area (Å²) in [6.07, 6.45) is -2.85. The molecule has 0 bridgehead atoms. The van der Waals surface area contributed by atoms with Crippen molar-refractivity contribution in [1.29, 1.82) is 0 Å². The molecule has 12 heteroatoms. The molecule has 3 heterocycles. The van der Waals surface area contributed by atoms with Gasteiger partial charge in [-0.05, 0) is 12.8 Å². The van der Waals surface area contributed by atoms with E-state index in [-0.39, 0.29) is 35.9 Å². The van der Waals surface area contributed by atoms with Crippen molar-refractivity contribution in [1.82, 2.24) is 19.9 Å². The van der Waals surface area contributed by atoms with Crippen LogP contribution in [0.25, 0.3) is 0 Å². The van der Waals surface area contributed by atoms with Gasteiger partial charge in [0.25, 0.3) is 0 Å². The Labute approximate surface area is 182 Å². The number of halogens is 3. The zero-order valence-electron chi connectivity index (χ0n) is 18.1. The average Bonchev–Trinajstić information content (AvgIpc) is 2.66. The fraction of sp³-hybridized carbons (Fsp3) is 0.550. The number of anilines is 3. The zero-order valence-corrected chi connectivity index (χ0v) is 18.1. The number of hydrogen-bond acceptors (Lipinski definition) is 8. The van der Waals surface area contributed by atoms with E-state index < -0.39 is 11.9 Å². The normalized spacial score (nSPS) is 22.8. The van der Waals surface area contributed by atoms with Gasteiger partial charge >= 0.3 is 6.18 Å². The van der Waals surface area contributed by atoms with Crippen LogP contribution in [-0.2, 0) is 11.0 Å². The summed E-state index contributed by atoms with van der Waals surface area (Å²) >= 11 is 0. The van der Waals surface area contributed by atoms with Crippen LogP contribution in [0.1, 0.15) is 38.1 Å². The molecule has 1 fully saturated rings. The number of carbonyl (C=O) groups is 1. The highest BCUT2D eigenvalue weighted by atomic mass is 19.4. The zero-order chi connectivity index (χ0) is 23.2. The lowest BCUT2D eigenvalue weighted by Gasteiger charge is -2.38. The molecule has 2 aliphatic rings. The van der Waals surface area contributed by atoms with Crippen molar-refractivity contribution < 1.29 is 22.7 Å². The molecule has 1 unspecified atom stereocenters. The summed E-state index contributed by atoms with van der Waals surface area (Å²) in [6.45, 7) is 5.75. The number of ether oxygens (including phenoxy) is 1.